The fourth-order valence-electron chi connectivity index (χ4n) is 3.70. The number of hydrogen-bond acceptors (Lipinski definition) is 4. The molecule has 0 saturated carbocycles. The summed E-state index contributed by atoms with van der Waals surface area (Å²) >= 11 is 0. The molecular formula is C23H52N4. The molecule has 0 amide bonds. The van der Waals surface area contributed by atoms with Crippen LogP contribution in [0.3, 0.4) is 0 Å². The lowest BCUT2D eigenvalue weighted by Crippen LogP contribution is -2.33. The van der Waals surface area contributed by atoms with Crippen molar-refractivity contribution >= 4 is 0 Å². The predicted molar refractivity (Wildman–Crippen MR) is 122 cm³/mol. The SMILES string of the molecule is CCCCCCCN(CCCCCCC)CCCN(CCCN)CCCN. The van der Waals surface area contributed by atoms with Gasteiger partial charge in [0.1, 0.15) is 0 Å². The molecule has 27 heavy (non-hydrogen) atoms. The highest BCUT2D eigenvalue weighted by Gasteiger charge is 2.08. The van der Waals surface area contributed by atoms with E-state index in [1.165, 1.54) is 96.8 Å². The Morgan fingerprint density at radius 1 is 0.407 bits per heavy atom. The predicted octanol–water partition coefficient (Wildman–Crippen LogP) is 4.62. The summed E-state index contributed by atoms with van der Waals surface area (Å²) in [7, 11) is 0. The third kappa shape index (κ3) is 18.9. The van der Waals surface area contributed by atoms with E-state index in [-0.39, 0.29) is 0 Å². The summed E-state index contributed by atoms with van der Waals surface area (Å²) in [5.41, 5.74) is 11.4. The van der Waals surface area contributed by atoms with Crippen molar-refractivity contribution in [2.75, 3.05) is 52.4 Å². The second-order valence-corrected chi connectivity index (χ2v) is 8.15. The van der Waals surface area contributed by atoms with Crippen LogP contribution in [0, 0.1) is 0 Å². The number of rotatable bonds is 22. The van der Waals surface area contributed by atoms with Crippen LogP contribution in [0.1, 0.15) is 97.3 Å². The minimum atomic E-state index is 0.792. The second kappa shape index (κ2) is 22.1. The summed E-state index contributed by atoms with van der Waals surface area (Å²) < 4.78 is 0. The fourth-order valence-corrected chi connectivity index (χ4v) is 3.70. The van der Waals surface area contributed by atoms with Crippen molar-refractivity contribution in [3.63, 3.8) is 0 Å². The molecule has 0 aromatic rings. The molecule has 164 valence electrons. The zero-order valence-electron chi connectivity index (χ0n) is 18.9. The van der Waals surface area contributed by atoms with Crippen LogP contribution in [0.5, 0.6) is 0 Å². The maximum absolute atomic E-state index is 5.70. The third-order valence-corrected chi connectivity index (χ3v) is 5.46. The quantitative estimate of drug-likeness (QED) is 0.267. The van der Waals surface area contributed by atoms with Crippen molar-refractivity contribution in [2.45, 2.75) is 97.3 Å². The molecule has 4 N–H and O–H groups in total. The first-order valence-corrected chi connectivity index (χ1v) is 12.1. The van der Waals surface area contributed by atoms with Crippen LogP contribution < -0.4 is 11.5 Å². The highest BCUT2D eigenvalue weighted by atomic mass is 15.1. The summed E-state index contributed by atoms with van der Waals surface area (Å²) in [4.78, 5) is 5.31. The van der Waals surface area contributed by atoms with Gasteiger partial charge in [-0.15, -0.1) is 0 Å². The molecule has 0 spiro atoms. The van der Waals surface area contributed by atoms with Crippen LogP contribution in [0.2, 0.25) is 0 Å². The van der Waals surface area contributed by atoms with Gasteiger partial charge in [-0.2, -0.15) is 0 Å². The lowest BCUT2D eigenvalue weighted by molar-refractivity contribution is 0.219. The maximum atomic E-state index is 5.70. The van der Waals surface area contributed by atoms with Gasteiger partial charge in [-0.25, -0.2) is 0 Å². The van der Waals surface area contributed by atoms with Gasteiger partial charge in [0.05, 0.1) is 0 Å². The Labute approximate surface area is 171 Å². The highest BCUT2D eigenvalue weighted by molar-refractivity contribution is 4.64. The van der Waals surface area contributed by atoms with Crippen molar-refractivity contribution in [3.05, 3.63) is 0 Å². The van der Waals surface area contributed by atoms with Crippen LogP contribution in [0.15, 0.2) is 0 Å². The first kappa shape index (κ1) is 26.8. The molecule has 0 saturated heterocycles. The molecule has 0 fully saturated rings. The molecule has 0 atom stereocenters. The van der Waals surface area contributed by atoms with E-state index in [1.54, 1.807) is 0 Å². The molecule has 0 aromatic carbocycles. The summed E-state index contributed by atoms with van der Waals surface area (Å²) in [6, 6.07) is 0. The summed E-state index contributed by atoms with van der Waals surface area (Å²) in [5.74, 6) is 0. The average Bonchev–Trinajstić information content (AvgIpc) is 2.68. The Morgan fingerprint density at radius 3 is 1.11 bits per heavy atom. The smallest absolute Gasteiger partial charge is 0.000653 e. The number of nitrogens with zero attached hydrogens (tertiary/aromatic N) is 2. The van der Waals surface area contributed by atoms with Gasteiger partial charge in [-0.1, -0.05) is 65.2 Å². The van der Waals surface area contributed by atoms with Gasteiger partial charge >= 0.3 is 0 Å². The molecular weight excluding hydrogens is 332 g/mol. The van der Waals surface area contributed by atoms with E-state index >= 15 is 0 Å². The molecule has 0 unspecified atom stereocenters. The van der Waals surface area contributed by atoms with Crippen molar-refractivity contribution in [1.29, 1.82) is 0 Å². The summed E-state index contributed by atoms with van der Waals surface area (Å²) in [6.45, 7) is 13.5. The minimum absolute atomic E-state index is 0.792. The lowest BCUT2D eigenvalue weighted by Gasteiger charge is -2.26. The standard InChI is InChI=1S/C23H52N4/c1-3-5-7-9-11-18-26(19-12-10-8-6-4-2)22-15-23-27(20-13-16-24)21-14-17-25/h3-25H2,1-2H3. The average molecular weight is 385 g/mol. The Hall–Kier alpha value is -0.160. The van der Waals surface area contributed by atoms with Gasteiger partial charge in [-0.3, -0.25) is 0 Å². The van der Waals surface area contributed by atoms with Crippen molar-refractivity contribution in [1.82, 2.24) is 9.80 Å². The van der Waals surface area contributed by atoms with Gasteiger partial charge in [0.25, 0.3) is 0 Å². The van der Waals surface area contributed by atoms with E-state index in [1.807, 2.05) is 0 Å². The van der Waals surface area contributed by atoms with Gasteiger partial charge in [0.15, 0.2) is 0 Å². The Kier molecular flexibility index (Phi) is 22.0. The molecule has 0 aliphatic carbocycles. The number of unbranched alkanes of at least 4 members (excludes halogenated alkanes) is 8. The van der Waals surface area contributed by atoms with E-state index in [9.17, 15) is 0 Å². The largest absolute Gasteiger partial charge is 0.330 e. The lowest BCUT2D eigenvalue weighted by atomic mass is 10.1. The van der Waals surface area contributed by atoms with Crippen molar-refractivity contribution in [3.8, 4) is 0 Å². The zero-order valence-corrected chi connectivity index (χ0v) is 18.9. The third-order valence-electron chi connectivity index (χ3n) is 5.46. The van der Waals surface area contributed by atoms with Gasteiger partial charge < -0.3 is 21.3 Å². The Balaban J connectivity index is 4.14. The number of hydrogen-bond donors (Lipinski definition) is 2. The van der Waals surface area contributed by atoms with Crippen LogP contribution in [0.4, 0.5) is 0 Å². The van der Waals surface area contributed by atoms with Crippen LogP contribution in [0.25, 0.3) is 0 Å². The van der Waals surface area contributed by atoms with E-state index < -0.39 is 0 Å². The molecule has 0 heterocycles. The van der Waals surface area contributed by atoms with E-state index in [2.05, 4.69) is 23.6 Å². The molecule has 4 nitrogen and oxygen atoms in total. The van der Waals surface area contributed by atoms with Crippen LogP contribution >= 0.6 is 0 Å². The Morgan fingerprint density at radius 2 is 0.741 bits per heavy atom. The van der Waals surface area contributed by atoms with E-state index in [0.717, 1.165) is 39.0 Å². The van der Waals surface area contributed by atoms with Crippen molar-refractivity contribution < 1.29 is 0 Å². The first-order valence-electron chi connectivity index (χ1n) is 12.1. The van der Waals surface area contributed by atoms with Crippen LogP contribution in [-0.4, -0.2) is 62.2 Å². The minimum Gasteiger partial charge on any atom is -0.330 e. The molecule has 0 radical (unpaired) electrons. The molecule has 4 heteroatoms. The van der Waals surface area contributed by atoms with Crippen molar-refractivity contribution in [2.24, 2.45) is 11.5 Å². The van der Waals surface area contributed by atoms with Gasteiger partial charge in [0, 0.05) is 0 Å². The second-order valence-electron chi connectivity index (χ2n) is 8.15. The molecule has 0 aliphatic heterocycles. The maximum Gasteiger partial charge on any atom is -0.000653 e. The summed E-state index contributed by atoms with van der Waals surface area (Å²) in [6.07, 6.45) is 17.3. The van der Waals surface area contributed by atoms with Crippen LogP contribution in [-0.2, 0) is 0 Å². The molecule has 0 bridgehead atoms. The topological polar surface area (TPSA) is 58.5 Å². The monoisotopic (exact) mass is 384 g/mol. The fraction of sp³-hybridized carbons (Fsp3) is 1.00. The summed E-state index contributed by atoms with van der Waals surface area (Å²) in [5, 5.41) is 0. The highest BCUT2D eigenvalue weighted by Crippen LogP contribution is 2.08. The van der Waals surface area contributed by atoms with Gasteiger partial charge in [-0.05, 0) is 84.5 Å². The molecule has 0 rings (SSSR count). The van der Waals surface area contributed by atoms with Gasteiger partial charge in [0.2, 0.25) is 0 Å². The molecule has 0 aliphatic rings. The number of nitrogens with two attached hydrogens (primary N) is 2. The zero-order chi connectivity index (χ0) is 20.0. The van der Waals surface area contributed by atoms with E-state index in [0.29, 0.717) is 0 Å². The first-order chi connectivity index (χ1) is 13.3. The van der Waals surface area contributed by atoms with E-state index in [4.69, 9.17) is 11.5 Å². The molecule has 0 aromatic heterocycles. The Bertz CT molecular complexity index is 251. The normalized spacial score (nSPS) is 11.8.